The summed E-state index contributed by atoms with van der Waals surface area (Å²) >= 11 is 0. The smallest absolute Gasteiger partial charge is 0.220 e. The molecule has 4 heteroatoms. The van der Waals surface area contributed by atoms with E-state index < -0.39 is 0 Å². The molecule has 0 aromatic heterocycles. The van der Waals surface area contributed by atoms with Crippen LogP contribution < -0.4 is 5.32 Å². The molecule has 0 aromatic carbocycles. The van der Waals surface area contributed by atoms with Crippen LogP contribution in [0.3, 0.4) is 0 Å². The van der Waals surface area contributed by atoms with Gasteiger partial charge in [0.2, 0.25) is 5.91 Å². The first-order valence-electron chi connectivity index (χ1n) is 7.19. The van der Waals surface area contributed by atoms with Gasteiger partial charge < -0.3 is 14.8 Å². The van der Waals surface area contributed by atoms with Crippen LogP contribution in [0.4, 0.5) is 0 Å². The zero-order valence-electron chi connectivity index (χ0n) is 11.3. The second-order valence-corrected chi connectivity index (χ2v) is 5.50. The van der Waals surface area contributed by atoms with Crippen molar-refractivity contribution in [3.8, 4) is 0 Å². The van der Waals surface area contributed by atoms with Gasteiger partial charge in [0.1, 0.15) is 6.10 Å². The van der Waals surface area contributed by atoms with Gasteiger partial charge in [-0.25, -0.2) is 0 Å². The Kier molecular flexibility index (Phi) is 5.45. The van der Waals surface area contributed by atoms with Gasteiger partial charge in [-0.3, -0.25) is 4.79 Å². The topological polar surface area (TPSA) is 47.6 Å². The molecular formula is C14H25NO3. The highest BCUT2D eigenvalue weighted by Crippen LogP contribution is 2.28. The molecule has 1 saturated carbocycles. The van der Waals surface area contributed by atoms with E-state index in [1.54, 1.807) is 7.11 Å². The Morgan fingerprint density at radius 3 is 2.83 bits per heavy atom. The number of amides is 1. The molecule has 104 valence electrons. The number of rotatable bonds is 5. The lowest BCUT2D eigenvalue weighted by atomic mass is 10.0. The molecule has 2 atom stereocenters. The van der Waals surface area contributed by atoms with Crippen LogP contribution in [-0.2, 0) is 14.3 Å². The molecule has 1 aliphatic carbocycles. The lowest BCUT2D eigenvalue weighted by Crippen LogP contribution is -2.49. The minimum Gasteiger partial charge on any atom is -0.379 e. The van der Waals surface area contributed by atoms with Crippen LogP contribution in [0.5, 0.6) is 0 Å². The third-order valence-corrected chi connectivity index (χ3v) is 4.21. The number of hydrogen-bond donors (Lipinski definition) is 1. The number of ether oxygens (including phenoxy) is 2. The van der Waals surface area contributed by atoms with Crippen molar-refractivity contribution in [3.05, 3.63) is 0 Å². The molecule has 0 spiro atoms. The predicted molar refractivity (Wildman–Crippen MR) is 69.4 cm³/mol. The minimum atomic E-state index is 0.00850. The Morgan fingerprint density at radius 1 is 1.33 bits per heavy atom. The third kappa shape index (κ3) is 3.95. The molecule has 0 unspecified atom stereocenters. The van der Waals surface area contributed by atoms with Gasteiger partial charge in [0.15, 0.2) is 0 Å². The van der Waals surface area contributed by atoms with Crippen molar-refractivity contribution < 1.29 is 14.3 Å². The predicted octanol–water partition coefficient (Wildman–Crippen LogP) is 1.88. The molecule has 0 bridgehead atoms. The number of carbonyl (C=O) groups is 1. The van der Waals surface area contributed by atoms with E-state index in [-0.39, 0.29) is 18.1 Å². The van der Waals surface area contributed by atoms with E-state index in [0.717, 1.165) is 18.8 Å². The highest BCUT2D eigenvalue weighted by molar-refractivity contribution is 5.76. The van der Waals surface area contributed by atoms with Crippen molar-refractivity contribution >= 4 is 5.91 Å². The maximum Gasteiger partial charge on any atom is 0.220 e. The normalized spacial score (nSPS) is 29.4. The minimum absolute atomic E-state index is 0.00850. The second-order valence-electron chi connectivity index (χ2n) is 5.50. The van der Waals surface area contributed by atoms with Gasteiger partial charge in [-0.1, -0.05) is 25.7 Å². The van der Waals surface area contributed by atoms with Crippen LogP contribution in [0, 0.1) is 5.92 Å². The van der Waals surface area contributed by atoms with Gasteiger partial charge in [-0.15, -0.1) is 0 Å². The van der Waals surface area contributed by atoms with Crippen LogP contribution in [0.2, 0.25) is 0 Å². The maximum atomic E-state index is 11.9. The summed E-state index contributed by atoms with van der Waals surface area (Å²) in [5, 5.41) is 3.10. The largest absolute Gasteiger partial charge is 0.379 e. The third-order valence-electron chi connectivity index (χ3n) is 4.21. The molecule has 2 rings (SSSR count). The molecule has 1 saturated heterocycles. The van der Waals surface area contributed by atoms with E-state index in [0.29, 0.717) is 19.6 Å². The quantitative estimate of drug-likeness (QED) is 0.816. The van der Waals surface area contributed by atoms with Crippen LogP contribution in [0.1, 0.15) is 44.9 Å². The van der Waals surface area contributed by atoms with Crippen molar-refractivity contribution in [1.82, 2.24) is 5.32 Å². The molecular weight excluding hydrogens is 230 g/mol. The summed E-state index contributed by atoms with van der Waals surface area (Å²) in [7, 11) is 1.68. The molecule has 2 aliphatic rings. The summed E-state index contributed by atoms with van der Waals surface area (Å²) in [4.78, 5) is 11.9. The van der Waals surface area contributed by atoms with E-state index in [4.69, 9.17) is 9.47 Å². The van der Waals surface area contributed by atoms with E-state index in [2.05, 4.69) is 5.32 Å². The summed E-state index contributed by atoms with van der Waals surface area (Å²) in [5.41, 5.74) is 0. The molecule has 1 heterocycles. The van der Waals surface area contributed by atoms with E-state index in [1.165, 1.54) is 25.7 Å². The maximum absolute atomic E-state index is 11.9. The standard InChI is InChI=1S/C14H25NO3/c1-17-13-10-18-9-8-12(13)15-14(16)7-6-11-4-2-3-5-11/h11-13H,2-10H2,1H3,(H,15,16)/t12-,13-/m0/s1. The first-order valence-corrected chi connectivity index (χ1v) is 7.19. The highest BCUT2D eigenvalue weighted by Gasteiger charge is 2.27. The Labute approximate surface area is 109 Å². The zero-order valence-corrected chi connectivity index (χ0v) is 11.3. The van der Waals surface area contributed by atoms with Crippen LogP contribution in [0.25, 0.3) is 0 Å². The molecule has 2 fully saturated rings. The number of carbonyl (C=O) groups excluding carboxylic acids is 1. The van der Waals surface area contributed by atoms with Gasteiger partial charge in [-0.05, 0) is 18.8 Å². The number of methoxy groups -OCH3 is 1. The Bertz CT molecular complexity index is 264. The first-order chi connectivity index (χ1) is 8.79. The average Bonchev–Trinajstić information content (AvgIpc) is 2.90. The van der Waals surface area contributed by atoms with E-state index >= 15 is 0 Å². The van der Waals surface area contributed by atoms with Crippen LogP contribution >= 0.6 is 0 Å². The summed E-state index contributed by atoms with van der Waals surface area (Å²) in [6.07, 6.45) is 7.89. The van der Waals surface area contributed by atoms with Crippen molar-refractivity contribution in [2.75, 3.05) is 20.3 Å². The molecule has 18 heavy (non-hydrogen) atoms. The Morgan fingerprint density at radius 2 is 2.11 bits per heavy atom. The number of hydrogen-bond acceptors (Lipinski definition) is 3. The first kappa shape index (κ1) is 13.8. The monoisotopic (exact) mass is 255 g/mol. The molecule has 1 amide bonds. The van der Waals surface area contributed by atoms with Crippen molar-refractivity contribution in [1.29, 1.82) is 0 Å². The van der Waals surface area contributed by atoms with Crippen LogP contribution in [-0.4, -0.2) is 38.4 Å². The zero-order chi connectivity index (χ0) is 12.8. The highest BCUT2D eigenvalue weighted by atomic mass is 16.5. The molecule has 0 radical (unpaired) electrons. The summed E-state index contributed by atoms with van der Waals surface area (Å²) < 4.78 is 10.7. The summed E-state index contributed by atoms with van der Waals surface area (Å²) in [6.45, 7) is 1.30. The fraction of sp³-hybridized carbons (Fsp3) is 0.929. The van der Waals surface area contributed by atoms with Crippen molar-refractivity contribution in [2.45, 2.75) is 57.1 Å². The van der Waals surface area contributed by atoms with Gasteiger partial charge in [0, 0.05) is 20.1 Å². The van der Waals surface area contributed by atoms with Gasteiger partial charge in [0.25, 0.3) is 0 Å². The van der Waals surface area contributed by atoms with Gasteiger partial charge in [0.05, 0.1) is 12.6 Å². The fourth-order valence-electron chi connectivity index (χ4n) is 3.02. The van der Waals surface area contributed by atoms with Crippen LogP contribution in [0.15, 0.2) is 0 Å². The second kappa shape index (κ2) is 7.10. The fourth-order valence-corrected chi connectivity index (χ4v) is 3.02. The molecule has 0 aromatic rings. The van der Waals surface area contributed by atoms with E-state index in [1.807, 2.05) is 0 Å². The lowest BCUT2D eigenvalue weighted by Gasteiger charge is -2.31. The molecule has 4 nitrogen and oxygen atoms in total. The average molecular weight is 255 g/mol. The van der Waals surface area contributed by atoms with Crippen molar-refractivity contribution in [2.24, 2.45) is 5.92 Å². The van der Waals surface area contributed by atoms with E-state index in [9.17, 15) is 4.79 Å². The number of nitrogens with one attached hydrogen (secondary N) is 1. The Balaban J connectivity index is 1.68. The Hall–Kier alpha value is -0.610. The SMILES string of the molecule is CO[C@H]1COCC[C@@H]1NC(=O)CCC1CCCC1. The van der Waals surface area contributed by atoms with Gasteiger partial charge >= 0.3 is 0 Å². The lowest BCUT2D eigenvalue weighted by molar-refractivity contribution is -0.125. The van der Waals surface area contributed by atoms with Crippen molar-refractivity contribution in [3.63, 3.8) is 0 Å². The summed E-state index contributed by atoms with van der Waals surface area (Å²) in [5.74, 6) is 0.958. The molecule has 1 N–H and O–H groups in total. The molecule has 1 aliphatic heterocycles. The van der Waals surface area contributed by atoms with Gasteiger partial charge in [-0.2, -0.15) is 0 Å². The summed E-state index contributed by atoms with van der Waals surface area (Å²) in [6, 6.07) is 0.125.